The van der Waals surface area contributed by atoms with Gasteiger partial charge in [-0.05, 0) is 18.1 Å². The van der Waals surface area contributed by atoms with Crippen LogP contribution in [0.4, 0.5) is 13.2 Å². The standard InChI is InChI=1S/C9H10ClN.C2HF3O2/c10-8-4-2-1-3-6(8)7-5-9(7)11;3-2(4,5)1(6)7/h1-4,7,9H,5,11H2;(H,6,7)/t7-,9+;/m0./s1. The van der Waals surface area contributed by atoms with Gasteiger partial charge in [0.05, 0.1) is 0 Å². The van der Waals surface area contributed by atoms with Gasteiger partial charge in [-0.25, -0.2) is 4.79 Å². The van der Waals surface area contributed by atoms with Gasteiger partial charge >= 0.3 is 12.1 Å². The Balaban J connectivity index is 0.000000203. The van der Waals surface area contributed by atoms with Crippen LogP contribution in [0, 0.1) is 0 Å². The SMILES string of the molecule is N[C@@H]1C[C@H]1c1ccccc1Cl.O=C(O)C(F)(F)F. The highest BCUT2D eigenvalue weighted by Crippen LogP contribution is 2.41. The van der Waals surface area contributed by atoms with E-state index in [4.69, 9.17) is 27.2 Å². The van der Waals surface area contributed by atoms with Crippen molar-refractivity contribution in [2.75, 3.05) is 0 Å². The molecule has 7 heteroatoms. The molecule has 0 spiro atoms. The quantitative estimate of drug-likeness (QED) is 0.832. The zero-order valence-corrected chi connectivity index (χ0v) is 9.87. The van der Waals surface area contributed by atoms with Crippen LogP contribution in [0.25, 0.3) is 0 Å². The summed E-state index contributed by atoms with van der Waals surface area (Å²) in [5.41, 5.74) is 6.92. The average Bonchev–Trinajstić information content (AvgIpc) is 2.95. The molecule has 0 saturated heterocycles. The van der Waals surface area contributed by atoms with Crippen LogP contribution in [0.3, 0.4) is 0 Å². The lowest BCUT2D eigenvalue weighted by atomic mass is 10.1. The molecule has 1 fully saturated rings. The average molecular weight is 282 g/mol. The van der Waals surface area contributed by atoms with E-state index in [1.807, 2.05) is 18.2 Å². The molecule has 3 nitrogen and oxygen atoms in total. The lowest BCUT2D eigenvalue weighted by Gasteiger charge is -1.99. The number of hydrogen-bond donors (Lipinski definition) is 2. The van der Waals surface area contributed by atoms with Crippen LogP contribution in [0.2, 0.25) is 5.02 Å². The summed E-state index contributed by atoms with van der Waals surface area (Å²) >= 11 is 5.97. The van der Waals surface area contributed by atoms with Gasteiger partial charge in [0.15, 0.2) is 0 Å². The minimum atomic E-state index is -5.08. The zero-order valence-electron chi connectivity index (χ0n) is 9.12. The highest BCUT2D eigenvalue weighted by molar-refractivity contribution is 6.31. The summed E-state index contributed by atoms with van der Waals surface area (Å²) < 4.78 is 31.7. The van der Waals surface area contributed by atoms with Gasteiger partial charge in [-0.3, -0.25) is 0 Å². The van der Waals surface area contributed by atoms with Gasteiger partial charge in [0.1, 0.15) is 0 Å². The first-order chi connectivity index (χ1) is 8.23. The van der Waals surface area contributed by atoms with Gasteiger partial charge < -0.3 is 10.8 Å². The second-order valence-corrected chi connectivity index (χ2v) is 4.24. The van der Waals surface area contributed by atoms with E-state index in [2.05, 4.69) is 6.07 Å². The smallest absolute Gasteiger partial charge is 0.475 e. The molecule has 1 saturated carbocycles. The van der Waals surface area contributed by atoms with Gasteiger partial charge in [0, 0.05) is 17.0 Å². The van der Waals surface area contributed by atoms with E-state index in [0.717, 1.165) is 11.4 Å². The molecule has 1 aliphatic rings. The molecule has 0 unspecified atom stereocenters. The van der Waals surface area contributed by atoms with Gasteiger partial charge in [0.2, 0.25) is 0 Å². The van der Waals surface area contributed by atoms with E-state index in [0.29, 0.717) is 12.0 Å². The second kappa shape index (κ2) is 5.58. The van der Waals surface area contributed by atoms with Crippen molar-refractivity contribution >= 4 is 17.6 Å². The Kier molecular flexibility index (Phi) is 4.59. The Bertz CT molecular complexity index is 437. The maximum atomic E-state index is 10.6. The largest absolute Gasteiger partial charge is 0.490 e. The van der Waals surface area contributed by atoms with E-state index in [1.54, 1.807) is 0 Å². The molecule has 2 atom stereocenters. The van der Waals surface area contributed by atoms with Crippen LogP contribution in [0.5, 0.6) is 0 Å². The second-order valence-electron chi connectivity index (χ2n) is 3.83. The molecule has 2 rings (SSSR count). The van der Waals surface area contributed by atoms with Gasteiger partial charge in [-0.2, -0.15) is 13.2 Å². The molecule has 18 heavy (non-hydrogen) atoms. The van der Waals surface area contributed by atoms with E-state index in [1.165, 1.54) is 5.56 Å². The Morgan fingerprint density at radius 2 is 1.83 bits per heavy atom. The summed E-state index contributed by atoms with van der Waals surface area (Å²) in [4.78, 5) is 8.90. The van der Waals surface area contributed by atoms with Crippen LogP contribution >= 0.6 is 11.6 Å². The Labute approximate surface area is 106 Å². The molecule has 100 valence electrons. The lowest BCUT2D eigenvalue weighted by molar-refractivity contribution is -0.192. The zero-order chi connectivity index (χ0) is 13.9. The molecule has 0 aromatic heterocycles. The first kappa shape index (κ1) is 14.8. The summed E-state index contributed by atoms with van der Waals surface area (Å²) in [5, 5.41) is 7.98. The fraction of sp³-hybridized carbons (Fsp3) is 0.364. The highest BCUT2D eigenvalue weighted by Gasteiger charge is 2.38. The van der Waals surface area contributed by atoms with Gasteiger partial charge in [-0.15, -0.1) is 0 Å². The summed E-state index contributed by atoms with van der Waals surface area (Å²) in [6.07, 6.45) is -4.00. The van der Waals surface area contributed by atoms with Crippen molar-refractivity contribution < 1.29 is 23.1 Å². The first-order valence-electron chi connectivity index (χ1n) is 5.03. The van der Waals surface area contributed by atoms with E-state index < -0.39 is 12.1 Å². The van der Waals surface area contributed by atoms with Crippen molar-refractivity contribution in [2.45, 2.75) is 24.6 Å². The molecular weight excluding hydrogens is 271 g/mol. The third-order valence-corrected chi connectivity index (χ3v) is 2.73. The van der Waals surface area contributed by atoms with Crippen LogP contribution in [0.15, 0.2) is 24.3 Å². The van der Waals surface area contributed by atoms with Crippen molar-refractivity contribution in [3.63, 3.8) is 0 Å². The van der Waals surface area contributed by atoms with Crippen LogP contribution in [-0.2, 0) is 4.79 Å². The molecule has 0 heterocycles. The van der Waals surface area contributed by atoms with Crippen LogP contribution < -0.4 is 5.73 Å². The van der Waals surface area contributed by atoms with E-state index in [-0.39, 0.29) is 0 Å². The fourth-order valence-electron chi connectivity index (χ4n) is 1.35. The summed E-state index contributed by atoms with van der Waals surface area (Å²) in [6.45, 7) is 0. The molecule has 0 bridgehead atoms. The fourth-order valence-corrected chi connectivity index (χ4v) is 1.62. The minimum absolute atomic E-state index is 0.342. The first-order valence-corrected chi connectivity index (χ1v) is 5.41. The minimum Gasteiger partial charge on any atom is -0.475 e. The monoisotopic (exact) mass is 281 g/mol. The number of carboxylic acids is 1. The summed E-state index contributed by atoms with van der Waals surface area (Å²) in [6, 6.07) is 8.27. The predicted octanol–water partition coefficient (Wildman–Crippen LogP) is 2.79. The van der Waals surface area contributed by atoms with Crippen molar-refractivity contribution in [1.82, 2.24) is 0 Å². The molecule has 0 radical (unpaired) electrons. The van der Waals surface area contributed by atoms with Crippen molar-refractivity contribution in [1.29, 1.82) is 0 Å². The van der Waals surface area contributed by atoms with Gasteiger partial charge in [0.25, 0.3) is 0 Å². The number of carboxylic acid groups (broad SMARTS) is 1. The number of rotatable bonds is 1. The van der Waals surface area contributed by atoms with E-state index >= 15 is 0 Å². The number of aliphatic carboxylic acids is 1. The molecule has 1 aliphatic carbocycles. The van der Waals surface area contributed by atoms with Crippen LogP contribution in [-0.4, -0.2) is 23.3 Å². The molecule has 0 aliphatic heterocycles. The lowest BCUT2D eigenvalue weighted by Crippen LogP contribution is -2.21. The number of halogens is 4. The molecule has 1 aromatic carbocycles. The number of alkyl halides is 3. The Hall–Kier alpha value is -1.27. The number of carbonyl (C=O) groups is 1. The van der Waals surface area contributed by atoms with Crippen molar-refractivity contribution in [3.05, 3.63) is 34.9 Å². The normalized spacial score (nSPS) is 21.8. The van der Waals surface area contributed by atoms with Crippen LogP contribution in [0.1, 0.15) is 17.9 Å². The van der Waals surface area contributed by atoms with Crippen molar-refractivity contribution in [2.24, 2.45) is 5.73 Å². The summed E-state index contributed by atoms with van der Waals surface area (Å²) in [7, 11) is 0. The van der Waals surface area contributed by atoms with Gasteiger partial charge in [-0.1, -0.05) is 29.8 Å². The molecular formula is C11H11ClF3NO2. The Morgan fingerprint density at radius 1 is 1.39 bits per heavy atom. The maximum Gasteiger partial charge on any atom is 0.490 e. The predicted molar refractivity (Wildman–Crippen MR) is 60.5 cm³/mol. The topological polar surface area (TPSA) is 63.3 Å². The number of nitrogens with two attached hydrogens (primary N) is 1. The molecule has 1 aromatic rings. The number of hydrogen-bond acceptors (Lipinski definition) is 2. The molecule has 0 amide bonds. The van der Waals surface area contributed by atoms with E-state index in [9.17, 15) is 13.2 Å². The summed E-state index contributed by atoms with van der Waals surface area (Å²) in [5.74, 6) is -2.24. The third-order valence-electron chi connectivity index (χ3n) is 2.39. The number of benzene rings is 1. The van der Waals surface area contributed by atoms with Crippen molar-refractivity contribution in [3.8, 4) is 0 Å². The Morgan fingerprint density at radius 3 is 2.17 bits per heavy atom. The highest BCUT2D eigenvalue weighted by atomic mass is 35.5. The molecule has 3 N–H and O–H groups in total. The maximum absolute atomic E-state index is 10.6. The third kappa shape index (κ3) is 4.19.